The molecule has 0 fully saturated rings. The second-order valence-corrected chi connectivity index (χ2v) is 5.35. The fraction of sp³-hybridized carbons (Fsp3) is 0.294. The predicted molar refractivity (Wildman–Crippen MR) is 75.3 cm³/mol. The van der Waals surface area contributed by atoms with E-state index >= 15 is 0 Å². The topological polar surface area (TPSA) is 29.5 Å². The minimum absolute atomic E-state index is 0.000182. The van der Waals surface area contributed by atoms with Crippen molar-refractivity contribution in [2.24, 2.45) is 0 Å². The number of halogens is 2. The zero-order valence-corrected chi connectivity index (χ0v) is 11.6. The highest BCUT2D eigenvalue weighted by atomic mass is 19.1. The van der Waals surface area contributed by atoms with Crippen molar-refractivity contribution in [3.05, 3.63) is 64.7 Å². The van der Waals surface area contributed by atoms with Gasteiger partial charge in [-0.2, -0.15) is 0 Å². The molecule has 0 saturated carbocycles. The van der Waals surface area contributed by atoms with Crippen LogP contribution in [0.25, 0.3) is 0 Å². The lowest BCUT2D eigenvalue weighted by molar-refractivity contribution is 0.113. The summed E-state index contributed by atoms with van der Waals surface area (Å²) in [6.45, 7) is 1.95. The van der Waals surface area contributed by atoms with Crippen molar-refractivity contribution in [1.82, 2.24) is 0 Å². The first kappa shape index (κ1) is 14.0. The van der Waals surface area contributed by atoms with Crippen molar-refractivity contribution in [3.8, 4) is 5.75 Å². The molecule has 110 valence electrons. The summed E-state index contributed by atoms with van der Waals surface area (Å²) in [5, 5.41) is 10.5. The lowest BCUT2D eigenvalue weighted by Gasteiger charge is -2.30. The summed E-state index contributed by atoms with van der Waals surface area (Å²) >= 11 is 0. The molecule has 2 atom stereocenters. The molecule has 1 aliphatic rings. The standard InChI is InChI=1S/C17H16F2O2/c1-10-8-15(19)13(9-14(10)18)17(20)12-6-7-21-16-5-3-2-4-11(12)16/h2-5,8-9,12,17,20H,6-7H2,1H3. The molecule has 0 aromatic heterocycles. The van der Waals surface area contributed by atoms with E-state index in [1.54, 1.807) is 0 Å². The highest BCUT2D eigenvalue weighted by Crippen LogP contribution is 2.42. The summed E-state index contributed by atoms with van der Waals surface area (Å²) in [7, 11) is 0. The van der Waals surface area contributed by atoms with Gasteiger partial charge >= 0.3 is 0 Å². The second-order valence-electron chi connectivity index (χ2n) is 5.35. The number of fused-ring (bicyclic) bond motifs is 1. The Kier molecular flexibility index (Phi) is 3.64. The molecule has 0 bridgehead atoms. The van der Waals surface area contributed by atoms with Crippen LogP contribution in [-0.2, 0) is 0 Å². The van der Waals surface area contributed by atoms with Crippen molar-refractivity contribution in [3.63, 3.8) is 0 Å². The Balaban J connectivity index is 2.00. The average Bonchev–Trinajstić information content (AvgIpc) is 2.49. The van der Waals surface area contributed by atoms with E-state index in [1.165, 1.54) is 6.92 Å². The molecule has 0 spiro atoms. The highest BCUT2D eigenvalue weighted by Gasteiger charge is 2.30. The summed E-state index contributed by atoms with van der Waals surface area (Å²) in [4.78, 5) is 0. The van der Waals surface area contributed by atoms with E-state index in [0.29, 0.717) is 18.8 Å². The fourth-order valence-electron chi connectivity index (χ4n) is 2.80. The molecule has 21 heavy (non-hydrogen) atoms. The van der Waals surface area contributed by atoms with Crippen LogP contribution in [-0.4, -0.2) is 11.7 Å². The van der Waals surface area contributed by atoms with Gasteiger partial charge in [0.1, 0.15) is 17.4 Å². The van der Waals surface area contributed by atoms with Gasteiger partial charge in [0.2, 0.25) is 0 Å². The predicted octanol–water partition coefficient (Wildman–Crippen LogP) is 3.87. The summed E-state index contributed by atoms with van der Waals surface area (Å²) in [5.41, 5.74) is 1.06. The molecule has 1 aliphatic heterocycles. The van der Waals surface area contributed by atoms with Gasteiger partial charge in [0.25, 0.3) is 0 Å². The Morgan fingerprint density at radius 2 is 1.95 bits per heavy atom. The van der Waals surface area contributed by atoms with E-state index in [1.807, 2.05) is 24.3 Å². The van der Waals surface area contributed by atoms with Gasteiger partial charge in [-0.15, -0.1) is 0 Å². The van der Waals surface area contributed by atoms with Gasteiger partial charge in [-0.25, -0.2) is 8.78 Å². The van der Waals surface area contributed by atoms with Gasteiger partial charge in [0, 0.05) is 17.0 Å². The fourth-order valence-corrected chi connectivity index (χ4v) is 2.80. The SMILES string of the molecule is Cc1cc(F)c(C(O)C2CCOc3ccccc32)cc1F. The number of hydrogen-bond acceptors (Lipinski definition) is 2. The molecule has 2 aromatic rings. The highest BCUT2D eigenvalue weighted by molar-refractivity contribution is 5.40. The Bertz CT molecular complexity index is 670. The number of ether oxygens (including phenoxy) is 1. The second kappa shape index (κ2) is 5.45. The Hall–Kier alpha value is -1.94. The third-order valence-electron chi connectivity index (χ3n) is 3.98. The minimum Gasteiger partial charge on any atom is -0.493 e. The largest absolute Gasteiger partial charge is 0.493 e. The Morgan fingerprint density at radius 3 is 2.76 bits per heavy atom. The molecule has 2 nitrogen and oxygen atoms in total. The molecule has 0 amide bonds. The van der Waals surface area contributed by atoms with Crippen LogP contribution in [0.5, 0.6) is 5.75 Å². The van der Waals surface area contributed by atoms with E-state index < -0.39 is 17.7 Å². The summed E-state index contributed by atoms with van der Waals surface area (Å²) < 4.78 is 33.3. The summed E-state index contributed by atoms with van der Waals surface area (Å²) in [6, 6.07) is 9.58. The number of para-hydroxylation sites is 1. The van der Waals surface area contributed by atoms with E-state index in [2.05, 4.69) is 0 Å². The van der Waals surface area contributed by atoms with Crippen molar-refractivity contribution < 1.29 is 18.6 Å². The lowest BCUT2D eigenvalue weighted by atomic mass is 9.84. The monoisotopic (exact) mass is 290 g/mol. The van der Waals surface area contributed by atoms with Crippen LogP contribution in [0.2, 0.25) is 0 Å². The number of aliphatic hydroxyl groups is 1. The third-order valence-corrected chi connectivity index (χ3v) is 3.98. The summed E-state index contributed by atoms with van der Waals surface area (Å²) in [5.74, 6) is -0.691. The van der Waals surface area contributed by atoms with E-state index in [-0.39, 0.29) is 17.0 Å². The zero-order chi connectivity index (χ0) is 15.0. The van der Waals surface area contributed by atoms with Crippen LogP contribution >= 0.6 is 0 Å². The van der Waals surface area contributed by atoms with E-state index in [4.69, 9.17) is 4.74 Å². The zero-order valence-electron chi connectivity index (χ0n) is 11.6. The minimum atomic E-state index is -1.09. The lowest BCUT2D eigenvalue weighted by Crippen LogP contribution is -2.21. The van der Waals surface area contributed by atoms with Gasteiger partial charge in [0.05, 0.1) is 12.7 Å². The van der Waals surface area contributed by atoms with Crippen LogP contribution in [0.15, 0.2) is 36.4 Å². The Morgan fingerprint density at radius 1 is 1.19 bits per heavy atom. The molecular weight excluding hydrogens is 274 g/mol. The number of aliphatic hydroxyl groups excluding tert-OH is 1. The first-order valence-electron chi connectivity index (χ1n) is 6.93. The van der Waals surface area contributed by atoms with Gasteiger partial charge in [-0.05, 0) is 37.1 Å². The molecule has 4 heteroatoms. The number of rotatable bonds is 2. The molecule has 1 heterocycles. The van der Waals surface area contributed by atoms with Crippen molar-refractivity contribution in [2.75, 3.05) is 6.61 Å². The smallest absolute Gasteiger partial charge is 0.129 e. The van der Waals surface area contributed by atoms with Gasteiger partial charge in [-0.3, -0.25) is 0 Å². The van der Waals surface area contributed by atoms with E-state index in [0.717, 1.165) is 17.7 Å². The van der Waals surface area contributed by atoms with Gasteiger partial charge in [0.15, 0.2) is 0 Å². The van der Waals surface area contributed by atoms with Crippen molar-refractivity contribution in [2.45, 2.75) is 25.4 Å². The number of hydrogen-bond donors (Lipinski definition) is 1. The normalized spacial score (nSPS) is 18.8. The molecule has 3 rings (SSSR count). The maximum atomic E-state index is 14.1. The van der Waals surface area contributed by atoms with Crippen LogP contribution < -0.4 is 4.74 Å². The number of benzene rings is 2. The number of aryl methyl sites for hydroxylation is 1. The first-order chi connectivity index (χ1) is 10.1. The Labute approximate surface area is 122 Å². The molecule has 0 radical (unpaired) electrons. The van der Waals surface area contributed by atoms with E-state index in [9.17, 15) is 13.9 Å². The van der Waals surface area contributed by atoms with Crippen LogP contribution in [0.1, 0.15) is 35.1 Å². The molecule has 2 unspecified atom stereocenters. The summed E-state index contributed by atoms with van der Waals surface area (Å²) in [6.07, 6.45) is -0.530. The van der Waals surface area contributed by atoms with Crippen LogP contribution in [0, 0.1) is 18.6 Å². The quantitative estimate of drug-likeness (QED) is 0.909. The maximum Gasteiger partial charge on any atom is 0.129 e. The third kappa shape index (κ3) is 2.51. The molecule has 0 saturated heterocycles. The molecule has 0 aliphatic carbocycles. The first-order valence-corrected chi connectivity index (χ1v) is 6.93. The van der Waals surface area contributed by atoms with Crippen molar-refractivity contribution in [1.29, 1.82) is 0 Å². The average molecular weight is 290 g/mol. The van der Waals surface area contributed by atoms with Gasteiger partial charge < -0.3 is 9.84 Å². The molecule has 2 aromatic carbocycles. The maximum absolute atomic E-state index is 14.1. The van der Waals surface area contributed by atoms with Gasteiger partial charge in [-0.1, -0.05) is 18.2 Å². The molecule has 1 N–H and O–H groups in total. The van der Waals surface area contributed by atoms with Crippen LogP contribution in [0.3, 0.4) is 0 Å². The van der Waals surface area contributed by atoms with Crippen molar-refractivity contribution >= 4 is 0 Å². The molecular formula is C17H16F2O2. The van der Waals surface area contributed by atoms with Crippen LogP contribution in [0.4, 0.5) is 8.78 Å².